The van der Waals surface area contributed by atoms with E-state index in [4.69, 9.17) is 4.52 Å². The molecule has 1 heterocycles. The van der Waals surface area contributed by atoms with Crippen LogP contribution in [0.1, 0.15) is 21.8 Å². The average Bonchev–Trinajstić information content (AvgIpc) is 3.06. The van der Waals surface area contributed by atoms with Gasteiger partial charge in [0.1, 0.15) is 0 Å². The Labute approximate surface area is 150 Å². The van der Waals surface area contributed by atoms with Gasteiger partial charge in [-0.15, -0.1) is 0 Å². The number of anilines is 2. The first-order chi connectivity index (χ1) is 12.6. The molecule has 0 radical (unpaired) electrons. The molecular formula is C19H18N4O3. The monoisotopic (exact) mass is 350 g/mol. The van der Waals surface area contributed by atoms with E-state index in [0.717, 1.165) is 5.69 Å². The molecule has 0 atom stereocenters. The van der Waals surface area contributed by atoms with Crippen molar-refractivity contribution in [1.29, 1.82) is 0 Å². The van der Waals surface area contributed by atoms with Gasteiger partial charge in [0.15, 0.2) is 5.76 Å². The molecule has 132 valence electrons. The van der Waals surface area contributed by atoms with E-state index in [0.29, 0.717) is 22.7 Å². The molecular weight excluding hydrogens is 332 g/mol. The molecule has 3 rings (SSSR count). The Balaban J connectivity index is 1.52. The minimum absolute atomic E-state index is 0.237. The largest absolute Gasteiger partial charge is 0.359 e. The van der Waals surface area contributed by atoms with E-state index >= 15 is 0 Å². The molecule has 0 bridgehead atoms. The first kappa shape index (κ1) is 17.2. The predicted molar refractivity (Wildman–Crippen MR) is 97.9 cm³/mol. The molecule has 7 heteroatoms. The van der Waals surface area contributed by atoms with Gasteiger partial charge in [0.2, 0.25) is 0 Å². The summed E-state index contributed by atoms with van der Waals surface area (Å²) in [6.07, 6.45) is 0. The molecule has 3 amide bonds. The zero-order valence-corrected chi connectivity index (χ0v) is 14.2. The predicted octanol–water partition coefficient (Wildman–Crippen LogP) is 3.56. The maximum Gasteiger partial charge on any atom is 0.323 e. The highest BCUT2D eigenvalue weighted by Crippen LogP contribution is 2.12. The SMILES string of the molecule is Cc1cc(CNC(=O)c2ccc(NC(=O)Nc3ccccc3)cc2)on1. The van der Waals surface area contributed by atoms with Crippen LogP contribution in [-0.4, -0.2) is 17.1 Å². The normalized spacial score (nSPS) is 10.2. The third-order valence-corrected chi connectivity index (χ3v) is 3.54. The van der Waals surface area contributed by atoms with E-state index in [1.165, 1.54) is 0 Å². The zero-order valence-electron chi connectivity index (χ0n) is 14.2. The third-order valence-electron chi connectivity index (χ3n) is 3.54. The maximum atomic E-state index is 12.1. The van der Waals surface area contributed by atoms with Crippen molar-refractivity contribution in [2.45, 2.75) is 13.5 Å². The number of carbonyl (C=O) groups excluding carboxylic acids is 2. The standard InChI is InChI=1S/C19H18N4O3/c1-13-11-17(26-23-13)12-20-18(24)14-7-9-16(10-8-14)22-19(25)21-15-5-3-2-4-6-15/h2-11H,12H2,1H3,(H,20,24)(H2,21,22,25). The summed E-state index contributed by atoms with van der Waals surface area (Å²) in [7, 11) is 0. The highest BCUT2D eigenvalue weighted by atomic mass is 16.5. The number of hydrogen-bond acceptors (Lipinski definition) is 4. The molecule has 2 aromatic carbocycles. The number of urea groups is 1. The summed E-state index contributed by atoms with van der Waals surface area (Å²) in [6, 6.07) is 17.1. The van der Waals surface area contributed by atoms with Gasteiger partial charge in [0.25, 0.3) is 5.91 Å². The van der Waals surface area contributed by atoms with Crippen molar-refractivity contribution < 1.29 is 14.1 Å². The first-order valence-electron chi connectivity index (χ1n) is 8.04. The molecule has 0 aliphatic heterocycles. The van der Waals surface area contributed by atoms with Crippen LogP contribution in [0.2, 0.25) is 0 Å². The summed E-state index contributed by atoms with van der Waals surface area (Å²) in [5.41, 5.74) is 2.53. The summed E-state index contributed by atoms with van der Waals surface area (Å²) >= 11 is 0. The number of aryl methyl sites for hydroxylation is 1. The second kappa shape index (κ2) is 7.98. The summed E-state index contributed by atoms with van der Waals surface area (Å²) in [5.74, 6) is 0.353. The molecule has 3 aromatic rings. The first-order valence-corrected chi connectivity index (χ1v) is 8.04. The van der Waals surface area contributed by atoms with E-state index < -0.39 is 0 Å². The molecule has 3 N–H and O–H groups in total. The number of carbonyl (C=O) groups is 2. The van der Waals surface area contributed by atoms with Gasteiger partial charge >= 0.3 is 6.03 Å². The fourth-order valence-corrected chi connectivity index (χ4v) is 2.29. The van der Waals surface area contributed by atoms with Gasteiger partial charge in [0.05, 0.1) is 12.2 Å². The Morgan fingerprint density at radius 1 is 0.962 bits per heavy atom. The van der Waals surface area contributed by atoms with Crippen molar-refractivity contribution in [2.24, 2.45) is 0 Å². The van der Waals surface area contributed by atoms with Crippen LogP contribution in [-0.2, 0) is 6.54 Å². The number of nitrogens with one attached hydrogen (secondary N) is 3. The van der Waals surface area contributed by atoms with Crippen molar-refractivity contribution in [3.8, 4) is 0 Å². The van der Waals surface area contributed by atoms with Crippen LogP contribution in [0.4, 0.5) is 16.2 Å². The number of nitrogens with zero attached hydrogens (tertiary/aromatic N) is 1. The molecule has 0 fully saturated rings. The van der Waals surface area contributed by atoms with Gasteiger partial charge in [-0.05, 0) is 43.3 Å². The Morgan fingerprint density at radius 3 is 2.23 bits per heavy atom. The quantitative estimate of drug-likeness (QED) is 0.655. The number of benzene rings is 2. The molecule has 0 aliphatic carbocycles. The number of aromatic nitrogens is 1. The van der Waals surface area contributed by atoms with Gasteiger partial charge in [-0.3, -0.25) is 4.79 Å². The number of amides is 3. The van der Waals surface area contributed by atoms with Gasteiger partial charge in [-0.1, -0.05) is 23.4 Å². The molecule has 0 unspecified atom stereocenters. The summed E-state index contributed by atoms with van der Waals surface area (Å²) < 4.78 is 5.04. The van der Waals surface area contributed by atoms with E-state index in [-0.39, 0.29) is 18.5 Å². The van der Waals surface area contributed by atoms with E-state index in [1.807, 2.05) is 25.1 Å². The summed E-state index contributed by atoms with van der Waals surface area (Å²) in [6.45, 7) is 2.08. The fraction of sp³-hybridized carbons (Fsp3) is 0.105. The van der Waals surface area contributed by atoms with Crippen molar-refractivity contribution >= 4 is 23.3 Å². The maximum absolute atomic E-state index is 12.1. The van der Waals surface area contributed by atoms with Crippen molar-refractivity contribution in [1.82, 2.24) is 10.5 Å². The molecule has 7 nitrogen and oxygen atoms in total. The van der Waals surface area contributed by atoms with Crippen LogP contribution in [0.5, 0.6) is 0 Å². The van der Waals surface area contributed by atoms with E-state index in [2.05, 4.69) is 21.1 Å². The van der Waals surface area contributed by atoms with Crippen LogP contribution in [0, 0.1) is 6.92 Å². The second-order valence-electron chi connectivity index (χ2n) is 5.64. The lowest BCUT2D eigenvalue weighted by Crippen LogP contribution is -2.22. The van der Waals surface area contributed by atoms with Crippen LogP contribution in [0.3, 0.4) is 0 Å². The smallest absolute Gasteiger partial charge is 0.323 e. The minimum Gasteiger partial charge on any atom is -0.359 e. The molecule has 0 aliphatic rings. The van der Waals surface area contributed by atoms with Crippen LogP contribution >= 0.6 is 0 Å². The van der Waals surface area contributed by atoms with Crippen molar-refractivity contribution in [3.63, 3.8) is 0 Å². The zero-order chi connectivity index (χ0) is 18.4. The summed E-state index contributed by atoms with van der Waals surface area (Å²) in [4.78, 5) is 24.1. The minimum atomic E-state index is -0.353. The Hall–Kier alpha value is -3.61. The molecule has 26 heavy (non-hydrogen) atoms. The summed E-state index contributed by atoms with van der Waals surface area (Å²) in [5, 5.41) is 11.9. The highest BCUT2D eigenvalue weighted by molar-refractivity contribution is 6.00. The van der Waals surface area contributed by atoms with Crippen LogP contribution < -0.4 is 16.0 Å². The Bertz CT molecular complexity index is 889. The van der Waals surface area contributed by atoms with E-state index in [9.17, 15) is 9.59 Å². The molecule has 1 aromatic heterocycles. The van der Waals surface area contributed by atoms with Gasteiger partial charge in [-0.2, -0.15) is 0 Å². The number of para-hydroxylation sites is 1. The highest BCUT2D eigenvalue weighted by Gasteiger charge is 2.08. The van der Waals surface area contributed by atoms with Crippen LogP contribution in [0.25, 0.3) is 0 Å². The molecule has 0 saturated heterocycles. The van der Waals surface area contributed by atoms with Gasteiger partial charge in [-0.25, -0.2) is 4.79 Å². The fourth-order valence-electron chi connectivity index (χ4n) is 2.29. The second-order valence-corrected chi connectivity index (χ2v) is 5.64. The average molecular weight is 350 g/mol. The van der Waals surface area contributed by atoms with E-state index in [1.54, 1.807) is 42.5 Å². The lowest BCUT2D eigenvalue weighted by Gasteiger charge is -2.08. The Morgan fingerprint density at radius 2 is 1.62 bits per heavy atom. The van der Waals surface area contributed by atoms with Crippen molar-refractivity contribution in [3.05, 3.63) is 77.7 Å². The Kier molecular flexibility index (Phi) is 5.28. The van der Waals surface area contributed by atoms with Gasteiger partial charge in [0, 0.05) is 23.0 Å². The lowest BCUT2D eigenvalue weighted by atomic mass is 10.2. The van der Waals surface area contributed by atoms with Crippen LogP contribution in [0.15, 0.2) is 65.2 Å². The number of hydrogen-bond donors (Lipinski definition) is 3. The number of rotatable bonds is 5. The topological polar surface area (TPSA) is 96.3 Å². The van der Waals surface area contributed by atoms with Gasteiger partial charge < -0.3 is 20.5 Å². The lowest BCUT2D eigenvalue weighted by molar-refractivity contribution is 0.0947. The molecule has 0 saturated carbocycles. The van der Waals surface area contributed by atoms with Crippen molar-refractivity contribution in [2.75, 3.05) is 10.6 Å². The molecule has 0 spiro atoms. The third kappa shape index (κ3) is 4.70.